The Balaban J connectivity index is 2.11. The van der Waals surface area contributed by atoms with Gasteiger partial charge in [0.15, 0.2) is 0 Å². The van der Waals surface area contributed by atoms with Gasteiger partial charge in [0.25, 0.3) is 0 Å². The summed E-state index contributed by atoms with van der Waals surface area (Å²) in [6.45, 7) is 0. The Hall–Kier alpha value is -0.120. The summed E-state index contributed by atoms with van der Waals surface area (Å²) in [4.78, 5) is 0. The van der Waals surface area contributed by atoms with Crippen molar-refractivity contribution in [2.24, 2.45) is 11.3 Å². The topological polar surface area (TPSA) is 34.1 Å². The van der Waals surface area contributed by atoms with Crippen LogP contribution in [0.4, 0.5) is 3.89 Å². The zero-order valence-corrected chi connectivity index (χ0v) is 8.45. The fraction of sp³-hybridized carbons (Fsp3) is 1.00. The van der Waals surface area contributed by atoms with Gasteiger partial charge in [-0.2, -0.15) is 8.42 Å². The van der Waals surface area contributed by atoms with Crippen molar-refractivity contribution in [3.05, 3.63) is 0 Å². The summed E-state index contributed by atoms with van der Waals surface area (Å²) in [5.41, 5.74) is -0.192. The zero-order chi connectivity index (χ0) is 9.53. The van der Waals surface area contributed by atoms with Crippen LogP contribution in [0.5, 0.6) is 0 Å². The summed E-state index contributed by atoms with van der Waals surface area (Å²) in [7, 11) is -4.27. The molecule has 3 fully saturated rings. The van der Waals surface area contributed by atoms with Crippen LogP contribution >= 0.6 is 0 Å². The molecule has 3 rings (SSSR count). The van der Waals surface area contributed by atoms with Crippen LogP contribution in [0.3, 0.4) is 0 Å². The fourth-order valence-corrected chi connectivity index (χ4v) is 4.09. The van der Waals surface area contributed by atoms with E-state index in [1.54, 1.807) is 0 Å². The summed E-state index contributed by atoms with van der Waals surface area (Å²) in [6, 6.07) is 0. The van der Waals surface area contributed by atoms with Gasteiger partial charge in [0.2, 0.25) is 0 Å². The molecular weight excluding hydrogens is 191 g/mol. The molecule has 0 saturated heterocycles. The third kappa shape index (κ3) is 2.03. The Labute approximate surface area is 78.7 Å². The van der Waals surface area contributed by atoms with Crippen LogP contribution in [0.2, 0.25) is 0 Å². The summed E-state index contributed by atoms with van der Waals surface area (Å²) >= 11 is 0. The quantitative estimate of drug-likeness (QED) is 0.649. The Kier molecular flexibility index (Phi) is 2.13. The van der Waals surface area contributed by atoms with Crippen molar-refractivity contribution in [2.45, 2.75) is 38.5 Å². The SMILES string of the molecule is O=S(=O)(F)CC12CCC(CC1)CC2. The highest BCUT2D eigenvalue weighted by atomic mass is 32.3. The van der Waals surface area contributed by atoms with Gasteiger partial charge in [0.05, 0.1) is 5.75 Å². The lowest BCUT2D eigenvalue weighted by molar-refractivity contribution is 0.0852. The van der Waals surface area contributed by atoms with Crippen molar-refractivity contribution in [1.29, 1.82) is 0 Å². The van der Waals surface area contributed by atoms with Crippen LogP contribution in [0.1, 0.15) is 38.5 Å². The number of halogens is 1. The molecule has 2 bridgehead atoms. The molecule has 4 heteroatoms. The Morgan fingerprint density at radius 1 is 1.15 bits per heavy atom. The van der Waals surface area contributed by atoms with E-state index in [-0.39, 0.29) is 11.2 Å². The maximum absolute atomic E-state index is 12.6. The molecule has 0 aromatic heterocycles. The number of fused-ring (bicyclic) bond motifs is 3. The molecule has 0 heterocycles. The highest BCUT2D eigenvalue weighted by Crippen LogP contribution is 2.50. The summed E-state index contributed by atoms with van der Waals surface area (Å²) < 4.78 is 33.8. The normalized spacial score (nSPS) is 39.3. The van der Waals surface area contributed by atoms with Gasteiger partial charge in [0.1, 0.15) is 0 Å². The summed E-state index contributed by atoms with van der Waals surface area (Å²) in [6.07, 6.45) is 6.07. The maximum atomic E-state index is 12.6. The predicted octanol–water partition coefficient (Wildman–Crippen LogP) is 2.26. The minimum atomic E-state index is -4.27. The standard InChI is InChI=1S/C9H15FO2S/c10-13(11,12)7-9-4-1-8(2-5-9)3-6-9/h8H,1-7H2. The first-order valence-electron chi connectivity index (χ1n) is 4.92. The number of rotatable bonds is 2. The second kappa shape index (κ2) is 2.94. The first-order chi connectivity index (χ1) is 5.99. The van der Waals surface area contributed by atoms with E-state index < -0.39 is 10.2 Å². The fourth-order valence-electron chi connectivity index (χ4n) is 2.92. The van der Waals surface area contributed by atoms with Gasteiger partial charge < -0.3 is 0 Å². The van der Waals surface area contributed by atoms with Crippen molar-refractivity contribution < 1.29 is 12.3 Å². The van der Waals surface area contributed by atoms with Crippen LogP contribution in [-0.4, -0.2) is 14.2 Å². The number of hydrogen-bond acceptors (Lipinski definition) is 2. The molecule has 0 aromatic carbocycles. The van der Waals surface area contributed by atoms with Crippen LogP contribution in [0.15, 0.2) is 0 Å². The highest BCUT2D eigenvalue weighted by Gasteiger charge is 2.43. The molecule has 3 saturated carbocycles. The largest absolute Gasteiger partial charge is 0.302 e. The molecule has 3 aliphatic rings. The van der Waals surface area contributed by atoms with Crippen LogP contribution in [-0.2, 0) is 10.2 Å². The van der Waals surface area contributed by atoms with E-state index in [1.807, 2.05) is 0 Å². The average molecular weight is 206 g/mol. The molecule has 0 radical (unpaired) electrons. The first-order valence-corrected chi connectivity index (χ1v) is 6.47. The molecule has 0 spiro atoms. The van der Waals surface area contributed by atoms with Gasteiger partial charge in [-0.1, -0.05) is 0 Å². The van der Waals surface area contributed by atoms with Gasteiger partial charge in [-0.05, 0) is 49.9 Å². The molecule has 13 heavy (non-hydrogen) atoms. The summed E-state index contributed by atoms with van der Waals surface area (Å²) in [5, 5.41) is 0. The maximum Gasteiger partial charge on any atom is 0.302 e. The Morgan fingerprint density at radius 2 is 1.62 bits per heavy atom. The van der Waals surface area contributed by atoms with Gasteiger partial charge in [-0.15, -0.1) is 3.89 Å². The Morgan fingerprint density at radius 3 is 2.00 bits per heavy atom. The molecule has 0 atom stereocenters. The van der Waals surface area contributed by atoms with E-state index in [2.05, 4.69) is 0 Å². The molecule has 0 unspecified atom stereocenters. The molecular formula is C9H15FO2S. The van der Waals surface area contributed by atoms with Crippen molar-refractivity contribution in [3.8, 4) is 0 Å². The molecule has 0 aromatic rings. The molecule has 2 nitrogen and oxygen atoms in total. The average Bonchev–Trinajstić information content (AvgIpc) is 2.03. The smallest absolute Gasteiger partial charge is 0.195 e. The van der Waals surface area contributed by atoms with Crippen molar-refractivity contribution >= 4 is 10.2 Å². The Bertz CT molecular complexity index is 275. The minimum Gasteiger partial charge on any atom is -0.195 e. The van der Waals surface area contributed by atoms with Crippen LogP contribution in [0.25, 0.3) is 0 Å². The van der Waals surface area contributed by atoms with E-state index >= 15 is 0 Å². The first kappa shape index (κ1) is 9.44. The second-order valence-corrected chi connectivity index (χ2v) is 6.03. The third-order valence-corrected chi connectivity index (χ3v) is 4.68. The van der Waals surface area contributed by atoms with Crippen molar-refractivity contribution in [3.63, 3.8) is 0 Å². The van der Waals surface area contributed by atoms with E-state index in [0.717, 1.165) is 44.4 Å². The molecule has 0 N–H and O–H groups in total. The lowest BCUT2D eigenvalue weighted by Gasteiger charge is -2.45. The lowest BCUT2D eigenvalue weighted by atomic mass is 9.62. The van der Waals surface area contributed by atoms with Gasteiger partial charge in [-0.25, -0.2) is 0 Å². The van der Waals surface area contributed by atoms with Crippen molar-refractivity contribution in [2.75, 3.05) is 5.75 Å². The molecule has 0 amide bonds. The van der Waals surface area contributed by atoms with Gasteiger partial charge in [0, 0.05) is 0 Å². The van der Waals surface area contributed by atoms with Crippen LogP contribution in [0, 0.1) is 11.3 Å². The zero-order valence-electron chi connectivity index (χ0n) is 7.63. The van der Waals surface area contributed by atoms with E-state index in [1.165, 1.54) is 0 Å². The predicted molar refractivity (Wildman–Crippen MR) is 48.5 cm³/mol. The van der Waals surface area contributed by atoms with Crippen LogP contribution < -0.4 is 0 Å². The minimum absolute atomic E-state index is 0.192. The van der Waals surface area contributed by atoms with E-state index in [4.69, 9.17) is 0 Å². The van der Waals surface area contributed by atoms with E-state index in [9.17, 15) is 12.3 Å². The molecule has 3 aliphatic carbocycles. The summed E-state index contributed by atoms with van der Waals surface area (Å²) in [5.74, 6) is 0.566. The van der Waals surface area contributed by atoms with E-state index in [0.29, 0.717) is 0 Å². The highest BCUT2D eigenvalue weighted by molar-refractivity contribution is 7.86. The van der Waals surface area contributed by atoms with Crippen molar-refractivity contribution in [1.82, 2.24) is 0 Å². The second-order valence-electron chi connectivity index (χ2n) is 4.67. The number of hydrogen-bond donors (Lipinski definition) is 0. The van der Waals surface area contributed by atoms with Gasteiger partial charge >= 0.3 is 10.2 Å². The van der Waals surface area contributed by atoms with Gasteiger partial charge in [-0.3, -0.25) is 0 Å². The monoisotopic (exact) mass is 206 g/mol. The third-order valence-electron chi connectivity index (χ3n) is 3.73. The lowest BCUT2D eigenvalue weighted by Crippen LogP contribution is -2.38. The molecule has 76 valence electrons. The molecule has 0 aliphatic heterocycles.